The number of rotatable bonds is 4. The zero-order chi connectivity index (χ0) is 14.7. The number of hydrogen-bond acceptors (Lipinski definition) is 4. The average molecular weight is 286 g/mol. The zero-order valence-corrected chi connectivity index (χ0v) is 12.0. The highest BCUT2D eigenvalue weighted by atomic mass is 32.1. The second kappa shape index (κ2) is 5.76. The smallest absolute Gasteiger partial charge is 0.335 e. The summed E-state index contributed by atoms with van der Waals surface area (Å²) in [5, 5.41) is 21.9. The van der Waals surface area contributed by atoms with Gasteiger partial charge >= 0.3 is 5.97 Å². The van der Waals surface area contributed by atoms with Gasteiger partial charge in [0.25, 0.3) is 0 Å². The van der Waals surface area contributed by atoms with Gasteiger partial charge in [-0.05, 0) is 30.2 Å². The summed E-state index contributed by atoms with van der Waals surface area (Å²) >= 11 is 1.57. The maximum absolute atomic E-state index is 10.8. The minimum absolute atomic E-state index is 0.283. The number of nitrogens with zero attached hydrogens (tertiary/aromatic N) is 1. The molecular formula is C15H14N2O2S. The van der Waals surface area contributed by atoms with Crippen molar-refractivity contribution < 1.29 is 9.90 Å². The monoisotopic (exact) mass is 286 g/mol. The number of thiophene rings is 1. The van der Waals surface area contributed by atoms with Gasteiger partial charge in [-0.3, -0.25) is 0 Å². The first-order chi connectivity index (χ1) is 9.56. The van der Waals surface area contributed by atoms with E-state index in [-0.39, 0.29) is 5.56 Å². The minimum Gasteiger partial charge on any atom is -0.478 e. The molecule has 4 nitrogen and oxygen atoms in total. The van der Waals surface area contributed by atoms with Gasteiger partial charge in [0.15, 0.2) is 0 Å². The van der Waals surface area contributed by atoms with Gasteiger partial charge in [-0.1, -0.05) is 12.1 Å². The second-order valence-electron chi connectivity index (χ2n) is 4.40. The molecule has 1 aromatic carbocycles. The van der Waals surface area contributed by atoms with E-state index in [1.807, 2.05) is 19.1 Å². The first-order valence-electron chi connectivity index (χ1n) is 6.09. The Hall–Kier alpha value is -2.32. The Morgan fingerprint density at radius 3 is 2.50 bits per heavy atom. The Morgan fingerprint density at radius 2 is 2.05 bits per heavy atom. The van der Waals surface area contributed by atoms with Crippen molar-refractivity contribution in [2.24, 2.45) is 0 Å². The lowest BCUT2D eigenvalue weighted by molar-refractivity contribution is 0.0697. The van der Waals surface area contributed by atoms with E-state index in [2.05, 4.69) is 11.4 Å². The van der Waals surface area contributed by atoms with Gasteiger partial charge in [0, 0.05) is 18.3 Å². The Balaban J connectivity index is 2.28. The van der Waals surface area contributed by atoms with Crippen molar-refractivity contribution >= 4 is 22.3 Å². The quantitative estimate of drug-likeness (QED) is 0.904. The predicted octanol–water partition coefficient (Wildman–Crippen LogP) is 3.26. The molecule has 2 aromatic rings. The van der Waals surface area contributed by atoms with E-state index in [9.17, 15) is 4.79 Å². The lowest BCUT2D eigenvalue weighted by Gasteiger charge is -2.01. The molecule has 0 bridgehead atoms. The van der Waals surface area contributed by atoms with E-state index >= 15 is 0 Å². The number of carboxylic acids is 1. The SMILES string of the molecule is CNc1sc(Cc2ccc(C(=O)O)cc2)c(C)c1C#N. The number of benzene rings is 1. The van der Waals surface area contributed by atoms with E-state index in [0.29, 0.717) is 12.0 Å². The van der Waals surface area contributed by atoms with E-state index < -0.39 is 5.97 Å². The number of anilines is 1. The molecule has 5 heteroatoms. The molecule has 0 aliphatic rings. The van der Waals surface area contributed by atoms with Crippen LogP contribution in [0.4, 0.5) is 5.00 Å². The lowest BCUT2D eigenvalue weighted by Crippen LogP contribution is -1.96. The summed E-state index contributed by atoms with van der Waals surface area (Å²) in [6.45, 7) is 1.94. The molecular weight excluding hydrogens is 272 g/mol. The molecule has 102 valence electrons. The Bertz CT molecular complexity index is 681. The van der Waals surface area contributed by atoms with Crippen molar-refractivity contribution in [2.75, 3.05) is 12.4 Å². The molecule has 0 aliphatic heterocycles. The summed E-state index contributed by atoms with van der Waals surface area (Å²) < 4.78 is 0. The molecule has 0 saturated heterocycles. The van der Waals surface area contributed by atoms with E-state index in [0.717, 1.165) is 21.0 Å². The van der Waals surface area contributed by atoms with E-state index in [1.54, 1.807) is 30.5 Å². The maximum atomic E-state index is 10.8. The Morgan fingerprint density at radius 1 is 1.40 bits per heavy atom. The molecule has 0 saturated carbocycles. The predicted molar refractivity (Wildman–Crippen MR) is 79.5 cm³/mol. The van der Waals surface area contributed by atoms with Crippen LogP contribution in [0.5, 0.6) is 0 Å². The summed E-state index contributed by atoms with van der Waals surface area (Å²) in [4.78, 5) is 11.9. The Kier molecular flexibility index (Phi) is 4.06. The zero-order valence-electron chi connectivity index (χ0n) is 11.2. The highest BCUT2D eigenvalue weighted by Crippen LogP contribution is 2.33. The molecule has 0 spiro atoms. The molecule has 0 unspecified atom stereocenters. The molecule has 0 amide bonds. The largest absolute Gasteiger partial charge is 0.478 e. The van der Waals surface area contributed by atoms with Crippen LogP contribution in [0.15, 0.2) is 24.3 Å². The fourth-order valence-corrected chi connectivity index (χ4v) is 3.13. The fraction of sp³-hybridized carbons (Fsp3) is 0.200. The van der Waals surface area contributed by atoms with Crippen LogP contribution in [-0.2, 0) is 6.42 Å². The van der Waals surface area contributed by atoms with Gasteiger partial charge in [0.1, 0.15) is 11.1 Å². The molecule has 20 heavy (non-hydrogen) atoms. The van der Waals surface area contributed by atoms with Crippen molar-refractivity contribution in [1.29, 1.82) is 5.26 Å². The van der Waals surface area contributed by atoms with E-state index in [4.69, 9.17) is 10.4 Å². The van der Waals surface area contributed by atoms with Crippen molar-refractivity contribution in [3.63, 3.8) is 0 Å². The van der Waals surface area contributed by atoms with Crippen LogP contribution in [-0.4, -0.2) is 18.1 Å². The van der Waals surface area contributed by atoms with Crippen molar-refractivity contribution in [3.05, 3.63) is 51.4 Å². The van der Waals surface area contributed by atoms with Gasteiger partial charge < -0.3 is 10.4 Å². The average Bonchev–Trinajstić information content (AvgIpc) is 2.75. The van der Waals surface area contributed by atoms with Crippen LogP contribution in [0.3, 0.4) is 0 Å². The van der Waals surface area contributed by atoms with Crippen LogP contribution >= 0.6 is 11.3 Å². The molecule has 0 atom stereocenters. The molecule has 2 rings (SSSR count). The van der Waals surface area contributed by atoms with Crippen molar-refractivity contribution in [3.8, 4) is 6.07 Å². The van der Waals surface area contributed by atoms with E-state index in [1.165, 1.54) is 0 Å². The number of carboxylic acid groups (broad SMARTS) is 1. The highest BCUT2D eigenvalue weighted by molar-refractivity contribution is 7.16. The summed E-state index contributed by atoms with van der Waals surface area (Å²) in [5.74, 6) is -0.923. The lowest BCUT2D eigenvalue weighted by atomic mass is 10.0. The van der Waals surface area contributed by atoms with Crippen LogP contribution in [0.1, 0.15) is 31.9 Å². The second-order valence-corrected chi connectivity index (χ2v) is 5.50. The number of aromatic carboxylic acids is 1. The third kappa shape index (κ3) is 2.65. The minimum atomic E-state index is -0.923. The Labute approximate surface area is 121 Å². The van der Waals surface area contributed by atoms with Gasteiger partial charge in [0.05, 0.1) is 11.1 Å². The number of nitrogens with one attached hydrogen (secondary N) is 1. The standard InChI is InChI=1S/C15H14N2O2S/c1-9-12(8-16)14(17-2)20-13(9)7-10-3-5-11(6-4-10)15(18)19/h3-6,17H,7H2,1-2H3,(H,18,19). The van der Waals surface area contributed by atoms with Gasteiger partial charge in [-0.15, -0.1) is 11.3 Å². The molecule has 0 radical (unpaired) electrons. The first-order valence-corrected chi connectivity index (χ1v) is 6.90. The fourth-order valence-electron chi connectivity index (χ4n) is 1.99. The summed E-state index contributed by atoms with van der Waals surface area (Å²) in [5.41, 5.74) is 3.00. The van der Waals surface area contributed by atoms with Gasteiger partial charge in [-0.25, -0.2) is 4.79 Å². The van der Waals surface area contributed by atoms with Gasteiger partial charge in [0.2, 0.25) is 0 Å². The normalized spacial score (nSPS) is 10.1. The molecule has 1 heterocycles. The summed E-state index contributed by atoms with van der Waals surface area (Å²) in [6.07, 6.45) is 0.701. The van der Waals surface area contributed by atoms with Crippen LogP contribution < -0.4 is 5.32 Å². The maximum Gasteiger partial charge on any atom is 0.335 e. The number of nitriles is 1. The molecule has 1 aromatic heterocycles. The highest BCUT2D eigenvalue weighted by Gasteiger charge is 2.14. The molecule has 0 fully saturated rings. The third-order valence-corrected chi connectivity index (χ3v) is 4.46. The summed E-state index contributed by atoms with van der Waals surface area (Å²) in [7, 11) is 1.80. The topological polar surface area (TPSA) is 73.1 Å². The van der Waals surface area contributed by atoms with Crippen LogP contribution in [0, 0.1) is 18.3 Å². The van der Waals surface area contributed by atoms with Crippen molar-refractivity contribution in [1.82, 2.24) is 0 Å². The number of hydrogen-bond donors (Lipinski definition) is 2. The van der Waals surface area contributed by atoms with Crippen LogP contribution in [0.25, 0.3) is 0 Å². The van der Waals surface area contributed by atoms with Crippen LogP contribution in [0.2, 0.25) is 0 Å². The summed E-state index contributed by atoms with van der Waals surface area (Å²) in [6, 6.07) is 9.05. The molecule has 0 aliphatic carbocycles. The first kappa shape index (κ1) is 14.1. The number of carbonyl (C=O) groups is 1. The molecule has 2 N–H and O–H groups in total. The van der Waals surface area contributed by atoms with Crippen molar-refractivity contribution in [2.45, 2.75) is 13.3 Å². The third-order valence-electron chi connectivity index (χ3n) is 3.15. The van der Waals surface area contributed by atoms with Gasteiger partial charge in [-0.2, -0.15) is 5.26 Å².